The summed E-state index contributed by atoms with van der Waals surface area (Å²) >= 11 is 0. The van der Waals surface area contributed by atoms with Crippen LogP contribution in [0.5, 0.6) is 5.88 Å². The molecule has 0 radical (unpaired) electrons. The van der Waals surface area contributed by atoms with E-state index in [0.717, 1.165) is 19.4 Å². The molecule has 1 amide bonds. The normalized spacial score (nSPS) is 15.5. The van der Waals surface area contributed by atoms with Gasteiger partial charge < -0.3 is 14.6 Å². The number of nitrogens with zero attached hydrogens (tertiary/aromatic N) is 3. The second-order valence-corrected chi connectivity index (χ2v) is 5.50. The van der Waals surface area contributed by atoms with Gasteiger partial charge in [0.25, 0.3) is 5.91 Å². The lowest BCUT2D eigenvalue weighted by Gasteiger charge is -2.16. The molecule has 1 fully saturated rings. The van der Waals surface area contributed by atoms with E-state index in [-0.39, 0.29) is 11.3 Å². The Kier molecular flexibility index (Phi) is 3.60. The molecule has 2 aromatic heterocycles. The Morgan fingerprint density at radius 1 is 1.48 bits per heavy atom. The van der Waals surface area contributed by atoms with Gasteiger partial charge in [-0.25, -0.2) is 9.97 Å². The number of rotatable bonds is 6. The zero-order valence-electron chi connectivity index (χ0n) is 12.0. The summed E-state index contributed by atoms with van der Waals surface area (Å²) < 4.78 is 7.10. The number of amides is 1. The number of aromatic nitrogens is 3. The summed E-state index contributed by atoms with van der Waals surface area (Å²) in [6, 6.07) is 3.33. The van der Waals surface area contributed by atoms with Crippen LogP contribution in [0.25, 0.3) is 0 Å². The molecule has 0 bridgehead atoms. The molecule has 2 heterocycles. The lowest BCUT2D eigenvalue weighted by molar-refractivity contribution is 0.0942. The van der Waals surface area contributed by atoms with Gasteiger partial charge in [0.2, 0.25) is 5.88 Å². The number of ether oxygens (including phenoxy) is 1. The Balaban J connectivity index is 1.58. The van der Waals surface area contributed by atoms with Gasteiger partial charge in [-0.2, -0.15) is 0 Å². The molecule has 1 aliphatic carbocycles. The number of carbonyl (C=O) groups excluding carboxylic acids is 1. The van der Waals surface area contributed by atoms with Crippen molar-refractivity contribution in [3.8, 4) is 5.88 Å². The molecule has 0 spiro atoms. The highest BCUT2D eigenvalue weighted by atomic mass is 16.5. The predicted octanol–water partition coefficient (Wildman–Crippen LogP) is 1.50. The van der Waals surface area contributed by atoms with E-state index >= 15 is 0 Å². The fourth-order valence-electron chi connectivity index (χ4n) is 2.37. The van der Waals surface area contributed by atoms with Crippen LogP contribution < -0.4 is 10.1 Å². The zero-order chi connectivity index (χ0) is 14.7. The van der Waals surface area contributed by atoms with Gasteiger partial charge in [-0.1, -0.05) is 0 Å². The van der Waals surface area contributed by atoms with Crippen molar-refractivity contribution in [2.75, 3.05) is 13.7 Å². The zero-order valence-corrected chi connectivity index (χ0v) is 12.0. The van der Waals surface area contributed by atoms with E-state index in [9.17, 15) is 4.79 Å². The first-order valence-electron chi connectivity index (χ1n) is 6.95. The summed E-state index contributed by atoms with van der Waals surface area (Å²) in [5.41, 5.74) is 0.744. The summed E-state index contributed by atoms with van der Waals surface area (Å²) in [4.78, 5) is 20.2. The smallest absolute Gasteiger partial charge is 0.251 e. The van der Waals surface area contributed by atoms with Crippen molar-refractivity contribution in [3.05, 3.63) is 42.6 Å². The van der Waals surface area contributed by atoms with Crippen molar-refractivity contribution in [1.82, 2.24) is 19.9 Å². The Hall–Kier alpha value is -2.37. The Morgan fingerprint density at radius 3 is 3.00 bits per heavy atom. The van der Waals surface area contributed by atoms with Crippen LogP contribution in [0.2, 0.25) is 0 Å². The van der Waals surface area contributed by atoms with Gasteiger partial charge in [0.05, 0.1) is 13.4 Å². The van der Waals surface area contributed by atoms with Crippen LogP contribution in [0.3, 0.4) is 0 Å². The van der Waals surface area contributed by atoms with Gasteiger partial charge in [-0.05, 0) is 18.9 Å². The van der Waals surface area contributed by atoms with E-state index in [1.807, 2.05) is 12.5 Å². The molecular formula is C15H18N4O2. The molecule has 1 N–H and O–H groups in total. The highest BCUT2D eigenvalue weighted by Gasteiger charge is 2.43. The summed E-state index contributed by atoms with van der Waals surface area (Å²) in [5.74, 6) is 0.356. The van der Waals surface area contributed by atoms with E-state index in [1.165, 1.54) is 7.11 Å². The van der Waals surface area contributed by atoms with Crippen molar-refractivity contribution in [2.45, 2.75) is 19.4 Å². The van der Waals surface area contributed by atoms with E-state index in [4.69, 9.17) is 4.74 Å². The van der Waals surface area contributed by atoms with Gasteiger partial charge in [-0.3, -0.25) is 4.79 Å². The minimum absolute atomic E-state index is 0.0902. The van der Waals surface area contributed by atoms with Crippen LogP contribution in [0.4, 0.5) is 0 Å². The number of methoxy groups -OCH3 is 1. The maximum Gasteiger partial charge on any atom is 0.251 e. The van der Waals surface area contributed by atoms with Crippen LogP contribution in [0.15, 0.2) is 37.1 Å². The molecule has 0 aliphatic heterocycles. The first-order valence-corrected chi connectivity index (χ1v) is 6.95. The molecule has 6 heteroatoms. The molecule has 3 rings (SSSR count). The SMILES string of the molecule is COc1cc(C(=O)NCC2(Cn3ccnc3)CC2)ccn1. The first kappa shape index (κ1) is 13.6. The average molecular weight is 286 g/mol. The molecule has 0 atom stereocenters. The Bertz CT molecular complexity index is 620. The Morgan fingerprint density at radius 2 is 2.33 bits per heavy atom. The van der Waals surface area contributed by atoms with Gasteiger partial charge in [0.1, 0.15) is 0 Å². The van der Waals surface area contributed by atoms with Gasteiger partial charge in [-0.15, -0.1) is 0 Å². The Labute approximate surface area is 123 Å². The third kappa shape index (κ3) is 3.21. The van der Waals surface area contributed by atoms with E-state index in [0.29, 0.717) is 18.0 Å². The fraction of sp³-hybridized carbons (Fsp3) is 0.400. The van der Waals surface area contributed by atoms with Crippen molar-refractivity contribution in [1.29, 1.82) is 0 Å². The minimum Gasteiger partial charge on any atom is -0.481 e. The van der Waals surface area contributed by atoms with Gasteiger partial charge >= 0.3 is 0 Å². The number of pyridine rings is 1. The number of hydrogen-bond donors (Lipinski definition) is 1. The highest BCUT2D eigenvalue weighted by Crippen LogP contribution is 2.46. The molecule has 0 saturated heterocycles. The first-order chi connectivity index (χ1) is 10.2. The predicted molar refractivity (Wildman–Crippen MR) is 77.0 cm³/mol. The molecule has 0 unspecified atom stereocenters. The lowest BCUT2D eigenvalue weighted by Crippen LogP contribution is -2.32. The molecule has 110 valence electrons. The van der Waals surface area contributed by atoms with Crippen LogP contribution in [-0.2, 0) is 6.54 Å². The highest BCUT2D eigenvalue weighted by molar-refractivity contribution is 5.94. The van der Waals surface area contributed by atoms with Gasteiger partial charge in [0.15, 0.2) is 0 Å². The summed E-state index contributed by atoms with van der Waals surface area (Å²) in [6.45, 7) is 1.57. The van der Waals surface area contributed by atoms with Crippen LogP contribution in [0, 0.1) is 5.41 Å². The van der Waals surface area contributed by atoms with E-state index < -0.39 is 0 Å². The molecule has 1 saturated carbocycles. The van der Waals surface area contributed by atoms with E-state index in [2.05, 4.69) is 19.9 Å². The topological polar surface area (TPSA) is 69.0 Å². The maximum atomic E-state index is 12.2. The summed E-state index contributed by atoms with van der Waals surface area (Å²) in [7, 11) is 1.54. The lowest BCUT2D eigenvalue weighted by atomic mass is 10.1. The second-order valence-electron chi connectivity index (χ2n) is 5.50. The molecule has 1 aliphatic rings. The largest absolute Gasteiger partial charge is 0.481 e. The van der Waals surface area contributed by atoms with E-state index in [1.54, 1.807) is 24.5 Å². The molecule has 21 heavy (non-hydrogen) atoms. The number of carbonyl (C=O) groups is 1. The van der Waals surface area contributed by atoms with Crippen LogP contribution >= 0.6 is 0 Å². The third-order valence-corrected chi connectivity index (χ3v) is 3.86. The molecule has 0 aromatic carbocycles. The minimum atomic E-state index is -0.0902. The maximum absolute atomic E-state index is 12.2. The average Bonchev–Trinajstić information content (AvgIpc) is 3.09. The number of nitrogens with one attached hydrogen (secondary N) is 1. The second kappa shape index (κ2) is 5.55. The standard InChI is InChI=1S/C15H18N4O2/c1-21-13-8-12(2-5-17-13)14(20)18-9-15(3-4-15)10-19-7-6-16-11-19/h2,5-8,11H,3-4,9-10H2,1H3,(H,18,20). The van der Waals surface area contributed by atoms with Crippen molar-refractivity contribution < 1.29 is 9.53 Å². The summed E-state index contributed by atoms with van der Waals surface area (Å²) in [5, 5.41) is 3.01. The van der Waals surface area contributed by atoms with Crippen LogP contribution in [0.1, 0.15) is 23.2 Å². The fourth-order valence-corrected chi connectivity index (χ4v) is 2.37. The van der Waals surface area contributed by atoms with Crippen molar-refractivity contribution in [3.63, 3.8) is 0 Å². The quantitative estimate of drug-likeness (QED) is 0.873. The monoisotopic (exact) mass is 286 g/mol. The van der Waals surface area contributed by atoms with Gasteiger partial charge in [0, 0.05) is 48.7 Å². The molecule has 2 aromatic rings. The third-order valence-electron chi connectivity index (χ3n) is 3.86. The number of imidazole rings is 1. The summed E-state index contributed by atoms with van der Waals surface area (Å²) in [6.07, 6.45) is 9.38. The number of hydrogen-bond acceptors (Lipinski definition) is 4. The van der Waals surface area contributed by atoms with Crippen LogP contribution in [-0.4, -0.2) is 34.1 Å². The van der Waals surface area contributed by atoms with Crippen molar-refractivity contribution >= 4 is 5.91 Å². The van der Waals surface area contributed by atoms with Crippen molar-refractivity contribution in [2.24, 2.45) is 5.41 Å². The molecule has 6 nitrogen and oxygen atoms in total. The molecular weight excluding hydrogens is 268 g/mol.